The molecule has 0 bridgehead atoms. The Morgan fingerprint density at radius 3 is 2.58 bits per heavy atom. The van der Waals surface area contributed by atoms with Crippen LogP contribution in [0.25, 0.3) is 0 Å². The Hall–Kier alpha value is -3.07. The summed E-state index contributed by atoms with van der Waals surface area (Å²) in [6, 6.07) is 18.8. The first-order valence-corrected chi connectivity index (χ1v) is 13.0. The van der Waals surface area contributed by atoms with E-state index in [-0.39, 0.29) is 25.2 Å². The van der Waals surface area contributed by atoms with Crippen molar-refractivity contribution in [3.05, 3.63) is 82.0 Å². The first-order valence-electron chi connectivity index (χ1n) is 11.7. The molecule has 3 aromatic rings. The molecule has 1 aliphatic rings. The number of halogens is 1. The molecular weight excluding hydrogens is 500 g/mol. The Morgan fingerprint density at radius 2 is 1.83 bits per heavy atom. The van der Waals surface area contributed by atoms with Crippen molar-refractivity contribution in [2.75, 3.05) is 33.6 Å². The third kappa shape index (κ3) is 6.78. The lowest BCUT2D eigenvalue weighted by atomic mass is 10.1. The molecule has 0 N–H and O–H groups in total. The number of amides is 2. The van der Waals surface area contributed by atoms with Gasteiger partial charge in [0.25, 0.3) is 0 Å². The van der Waals surface area contributed by atoms with E-state index in [0.717, 1.165) is 10.4 Å². The molecule has 1 unspecified atom stereocenters. The van der Waals surface area contributed by atoms with Crippen LogP contribution in [0.2, 0.25) is 0 Å². The van der Waals surface area contributed by atoms with Crippen molar-refractivity contribution in [2.24, 2.45) is 0 Å². The van der Waals surface area contributed by atoms with Gasteiger partial charge in [-0.2, -0.15) is 0 Å². The summed E-state index contributed by atoms with van der Waals surface area (Å²) in [6.07, 6.45) is 0.598. The quantitative estimate of drug-likeness (QED) is 0.248. The fraction of sp³-hybridized carbons (Fsp3) is 0.333. The van der Waals surface area contributed by atoms with Gasteiger partial charge in [-0.25, -0.2) is 0 Å². The van der Waals surface area contributed by atoms with Gasteiger partial charge in [-0.1, -0.05) is 42.5 Å². The van der Waals surface area contributed by atoms with E-state index in [1.54, 1.807) is 23.3 Å². The number of hydrogen-bond acceptors (Lipinski definition) is 6. The summed E-state index contributed by atoms with van der Waals surface area (Å²) in [5, 5.41) is 1.11. The molecule has 4 rings (SSSR count). The lowest BCUT2D eigenvalue weighted by Gasteiger charge is -2.29. The van der Waals surface area contributed by atoms with Gasteiger partial charge in [-0.15, -0.1) is 22.9 Å². The summed E-state index contributed by atoms with van der Waals surface area (Å²) < 4.78 is 16.1. The minimum atomic E-state index is -0.874. The molecule has 9 heteroatoms. The summed E-state index contributed by atoms with van der Waals surface area (Å²) in [4.78, 5) is 31.3. The monoisotopic (exact) mass is 528 g/mol. The molecule has 0 saturated heterocycles. The van der Waals surface area contributed by atoms with Gasteiger partial charge in [0.2, 0.25) is 18.6 Å². The van der Waals surface area contributed by atoms with E-state index in [2.05, 4.69) is 0 Å². The summed E-state index contributed by atoms with van der Waals surface area (Å²) >= 11 is 8.14. The number of carbonyl (C=O) groups excluding carboxylic acids is 2. The van der Waals surface area contributed by atoms with Crippen LogP contribution in [-0.4, -0.2) is 55.2 Å². The maximum Gasteiger partial charge on any atom is 0.245 e. The van der Waals surface area contributed by atoms with Gasteiger partial charge in [-0.3, -0.25) is 9.59 Å². The van der Waals surface area contributed by atoms with Gasteiger partial charge in [0.15, 0.2) is 11.5 Å². The van der Waals surface area contributed by atoms with E-state index in [0.29, 0.717) is 49.7 Å². The Balaban J connectivity index is 1.52. The minimum absolute atomic E-state index is 0.0749. The number of ether oxygens (including phenoxy) is 3. The van der Waals surface area contributed by atoms with Crippen LogP contribution in [0.5, 0.6) is 11.5 Å². The van der Waals surface area contributed by atoms with Gasteiger partial charge >= 0.3 is 0 Å². The molecule has 0 aliphatic carbocycles. The molecule has 1 atom stereocenters. The maximum absolute atomic E-state index is 13.6. The van der Waals surface area contributed by atoms with E-state index in [4.69, 9.17) is 25.8 Å². The highest BCUT2D eigenvalue weighted by molar-refractivity contribution is 7.09. The standard InChI is InChI=1S/C27H29ClN2O5S/c1-33-13-6-12-29(27(32)26(28)21-7-3-2-4-8-21)18-25(31)30(17-22-9-5-14-36-22)16-20-10-11-23-24(15-20)35-19-34-23/h2-5,7-11,14-15,26H,6,12-13,16-19H2,1H3. The van der Waals surface area contributed by atoms with Crippen LogP contribution in [-0.2, 0) is 27.4 Å². The predicted molar refractivity (Wildman–Crippen MR) is 139 cm³/mol. The Bertz CT molecular complexity index is 1140. The number of nitrogens with zero attached hydrogens (tertiary/aromatic N) is 2. The first kappa shape index (κ1) is 26.0. The Labute approximate surface area is 220 Å². The van der Waals surface area contributed by atoms with Crippen molar-refractivity contribution < 1.29 is 23.8 Å². The Morgan fingerprint density at radius 1 is 1.03 bits per heavy atom. The van der Waals surface area contributed by atoms with Crippen molar-refractivity contribution in [2.45, 2.75) is 24.9 Å². The van der Waals surface area contributed by atoms with Crippen LogP contribution in [0.1, 0.15) is 27.8 Å². The molecule has 0 saturated carbocycles. The highest BCUT2D eigenvalue weighted by atomic mass is 35.5. The molecule has 0 radical (unpaired) electrons. The highest BCUT2D eigenvalue weighted by Crippen LogP contribution is 2.33. The second-order valence-electron chi connectivity index (χ2n) is 8.40. The minimum Gasteiger partial charge on any atom is -0.454 e. The number of benzene rings is 2. The summed E-state index contributed by atoms with van der Waals surface area (Å²) in [7, 11) is 1.61. The predicted octanol–water partition coefficient (Wildman–Crippen LogP) is 4.85. The van der Waals surface area contributed by atoms with Gasteiger partial charge in [-0.05, 0) is 41.1 Å². The van der Waals surface area contributed by atoms with Gasteiger partial charge in [0.1, 0.15) is 5.38 Å². The van der Waals surface area contributed by atoms with Crippen LogP contribution in [0.3, 0.4) is 0 Å². The lowest BCUT2D eigenvalue weighted by molar-refractivity contribution is -0.141. The average Bonchev–Trinajstić information content (AvgIpc) is 3.59. The fourth-order valence-corrected chi connectivity index (χ4v) is 4.94. The van der Waals surface area contributed by atoms with E-state index >= 15 is 0 Å². The number of alkyl halides is 1. The first-order chi connectivity index (χ1) is 17.5. The largest absolute Gasteiger partial charge is 0.454 e. The third-order valence-electron chi connectivity index (χ3n) is 5.81. The van der Waals surface area contributed by atoms with Crippen molar-refractivity contribution in [3.63, 3.8) is 0 Å². The number of carbonyl (C=O) groups is 2. The number of thiophene rings is 1. The number of rotatable bonds is 12. The number of hydrogen-bond donors (Lipinski definition) is 0. The van der Waals surface area contributed by atoms with Gasteiger partial charge in [0, 0.05) is 31.7 Å². The summed E-state index contributed by atoms with van der Waals surface area (Å²) in [6.45, 7) is 1.77. The van der Waals surface area contributed by atoms with Crippen molar-refractivity contribution in [1.82, 2.24) is 9.80 Å². The van der Waals surface area contributed by atoms with Gasteiger partial charge < -0.3 is 24.0 Å². The molecule has 0 fully saturated rings. The second-order valence-corrected chi connectivity index (χ2v) is 9.86. The van der Waals surface area contributed by atoms with Crippen LogP contribution in [0.15, 0.2) is 66.0 Å². The van der Waals surface area contributed by atoms with Crippen LogP contribution >= 0.6 is 22.9 Å². The summed E-state index contributed by atoms with van der Waals surface area (Å²) in [5.74, 6) is 0.898. The zero-order chi connectivity index (χ0) is 25.3. The van der Waals surface area contributed by atoms with E-state index in [1.165, 1.54) is 4.90 Å². The summed E-state index contributed by atoms with van der Waals surface area (Å²) in [5.41, 5.74) is 1.62. The maximum atomic E-state index is 13.6. The zero-order valence-corrected chi connectivity index (χ0v) is 21.7. The SMILES string of the molecule is COCCCN(CC(=O)N(Cc1ccc2c(c1)OCO2)Cc1cccs1)C(=O)C(Cl)c1ccccc1. The number of fused-ring (bicyclic) bond motifs is 1. The van der Waals surface area contributed by atoms with Crippen LogP contribution in [0, 0.1) is 0 Å². The highest BCUT2D eigenvalue weighted by Gasteiger charge is 2.27. The molecule has 1 aromatic heterocycles. The van der Waals surface area contributed by atoms with Crippen molar-refractivity contribution in [1.29, 1.82) is 0 Å². The fourth-order valence-electron chi connectivity index (χ4n) is 3.94. The van der Waals surface area contributed by atoms with E-state index in [9.17, 15) is 9.59 Å². The zero-order valence-electron chi connectivity index (χ0n) is 20.1. The second kappa shape index (κ2) is 12.8. The van der Waals surface area contributed by atoms with Crippen LogP contribution < -0.4 is 9.47 Å². The van der Waals surface area contributed by atoms with Crippen molar-refractivity contribution in [3.8, 4) is 11.5 Å². The number of methoxy groups -OCH3 is 1. The van der Waals surface area contributed by atoms with Gasteiger partial charge in [0.05, 0.1) is 13.1 Å². The normalized spacial score (nSPS) is 12.8. The molecule has 2 heterocycles. The molecule has 0 spiro atoms. The molecule has 190 valence electrons. The lowest BCUT2D eigenvalue weighted by Crippen LogP contribution is -2.44. The third-order valence-corrected chi connectivity index (χ3v) is 7.11. The van der Waals surface area contributed by atoms with E-state index < -0.39 is 5.38 Å². The molecule has 1 aliphatic heterocycles. The average molecular weight is 529 g/mol. The molecule has 2 amide bonds. The smallest absolute Gasteiger partial charge is 0.245 e. The van der Waals surface area contributed by atoms with E-state index in [1.807, 2.05) is 66.0 Å². The Kier molecular flexibility index (Phi) is 9.22. The molecule has 2 aromatic carbocycles. The van der Waals surface area contributed by atoms with Crippen LogP contribution in [0.4, 0.5) is 0 Å². The molecule has 36 heavy (non-hydrogen) atoms. The molecule has 7 nitrogen and oxygen atoms in total. The van der Waals surface area contributed by atoms with Crippen molar-refractivity contribution >= 4 is 34.8 Å². The topological polar surface area (TPSA) is 68.3 Å². The molecular formula is C27H29ClN2O5S.